The Morgan fingerprint density at radius 2 is 2.03 bits per heavy atom. The van der Waals surface area contributed by atoms with Crippen LogP contribution in [-0.4, -0.2) is 20.5 Å². The Morgan fingerprint density at radius 3 is 2.81 bits per heavy atom. The summed E-state index contributed by atoms with van der Waals surface area (Å²) < 4.78 is 1.45. The zero-order valence-corrected chi connectivity index (χ0v) is 19.6. The zero-order chi connectivity index (χ0) is 21.8. The SMILES string of the molecule is CC(C)CC(=O)Nc1ccccc1SCc1cc(=O)n2nc(C3CCCCC3)sc2n1. The van der Waals surface area contributed by atoms with Crippen LogP contribution in [0.3, 0.4) is 0 Å². The highest BCUT2D eigenvalue weighted by atomic mass is 32.2. The van der Waals surface area contributed by atoms with Gasteiger partial charge in [-0.1, -0.05) is 56.6 Å². The fraction of sp³-hybridized carbons (Fsp3) is 0.478. The fourth-order valence-corrected chi connectivity index (χ4v) is 5.87. The molecule has 1 aliphatic rings. The third-order valence-electron chi connectivity index (χ3n) is 5.40. The number of nitrogens with one attached hydrogen (secondary N) is 1. The van der Waals surface area contributed by atoms with E-state index in [0.29, 0.717) is 29.0 Å². The molecule has 0 saturated heterocycles. The van der Waals surface area contributed by atoms with Crippen molar-refractivity contribution in [3.63, 3.8) is 0 Å². The topological polar surface area (TPSA) is 76.4 Å². The van der Waals surface area contributed by atoms with Gasteiger partial charge >= 0.3 is 0 Å². The number of carbonyl (C=O) groups is 1. The summed E-state index contributed by atoms with van der Waals surface area (Å²) in [7, 11) is 0. The molecule has 1 fully saturated rings. The minimum atomic E-state index is -0.127. The lowest BCUT2D eigenvalue weighted by Gasteiger charge is -2.18. The lowest BCUT2D eigenvalue weighted by atomic mass is 9.90. The summed E-state index contributed by atoms with van der Waals surface area (Å²) in [5.74, 6) is 1.33. The van der Waals surface area contributed by atoms with Gasteiger partial charge in [0.1, 0.15) is 5.01 Å². The summed E-state index contributed by atoms with van der Waals surface area (Å²) >= 11 is 3.12. The number of fused-ring (bicyclic) bond motifs is 1. The first-order valence-electron chi connectivity index (χ1n) is 10.9. The Balaban J connectivity index is 1.49. The first kappa shape index (κ1) is 22.0. The van der Waals surface area contributed by atoms with Crippen molar-refractivity contribution in [2.45, 2.75) is 68.9 Å². The van der Waals surface area contributed by atoms with Crippen molar-refractivity contribution in [1.29, 1.82) is 0 Å². The molecule has 164 valence electrons. The molecule has 2 heterocycles. The summed E-state index contributed by atoms with van der Waals surface area (Å²) in [4.78, 5) is 31.2. The van der Waals surface area contributed by atoms with Crippen molar-refractivity contribution in [3.8, 4) is 0 Å². The smallest absolute Gasteiger partial charge is 0.275 e. The largest absolute Gasteiger partial charge is 0.325 e. The van der Waals surface area contributed by atoms with Crippen LogP contribution in [0.2, 0.25) is 0 Å². The lowest BCUT2D eigenvalue weighted by molar-refractivity contribution is -0.116. The summed E-state index contributed by atoms with van der Waals surface area (Å²) in [6.07, 6.45) is 6.55. The molecular weight excluding hydrogens is 428 g/mol. The predicted molar refractivity (Wildman–Crippen MR) is 127 cm³/mol. The average molecular weight is 457 g/mol. The fourth-order valence-electron chi connectivity index (χ4n) is 3.88. The van der Waals surface area contributed by atoms with E-state index in [0.717, 1.165) is 34.1 Å². The molecule has 8 heteroatoms. The van der Waals surface area contributed by atoms with Crippen LogP contribution in [0.5, 0.6) is 0 Å². The van der Waals surface area contributed by atoms with Crippen LogP contribution in [0.4, 0.5) is 5.69 Å². The van der Waals surface area contributed by atoms with E-state index in [1.807, 2.05) is 38.1 Å². The Bertz CT molecular complexity index is 1120. The molecule has 0 spiro atoms. The van der Waals surface area contributed by atoms with Gasteiger partial charge in [0.15, 0.2) is 0 Å². The van der Waals surface area contributed by atoms with Crippen molar-refractivity contribution in [1.82, 2.24) is 14.6 Å². The maximum atomic E-state index is 12.6. The van der Waals surface area contributed by atoms with Gasteiger partial charge in [0.2, 0.25) is 10.9 Å². The van der Waals surface area contributed by atoms with E-state index in [4.69, 9.17) is 4.98 Å². The summed E-state index contributed by atoms with van der Waals surface area (Å²) in [5.41, 5.74) is 1.41. The van der Waals surface area contributed by atoms with Crippen LogP contribution in [0.1, 0.15) is 69.0 Å². The number of para-hydroxylation sites is 1. The van der Waals surface area contributed by atoms with Crippen molar-refractivity contribution in [2.24, 2.45) is 5.92 Å². The number of thioether (sulfide) groups is 1. The average Bonchev–Trinajstić information content (AvgIpc) is 3.18. The Kier molecular flexibility index (Phi) is 7.07. The number of hydrogen-bond acceptors (Lipinski definition) is 6. The van der Waals surface area contributed by atoms with Gasteiger partial charge in [-0.05, 0) is 30.9 Å². The molecule has 1 saturated carbocycles. The number of nitrogens with zero attached hydrogens (tertiary/aromatic N) is 3. The highest BCUT2D eigenvalue weighted by Crippen LogP contribution is 2.35. The minimum absolute atomic E-state index is 0.0146. The van der Waals surface area contributed by atoms with Gasteiger partial charge in [0.05, 0.1) is 11.4 Å². The molecule has 2 aromatic heterocycles. The number of hydrogen-bond donors (Lipinski definition) is 1. The van der Waals surface area contributed by atoms with Gasteiger partial charge in [-0.2, -0.15) is 9.61 Å². The van der Waals surface area contributed by atoms with Crippen LogP contribution < -0.4 is 10.9 Å². The summed E-state index contributed by atoms with van der Waals surface area (Å²) in [5, 5.41) is 8.61. The number of rotatable bonds is 7. The highest BCUT2D eigenvalue weighted by molar-refractivity contribution is 7.98. The molecule has 1 amide bonds. The van der Waals surface area contributed by atoms with Gasteiger partial charge in [-0.15, -0.1) is 11.8 Å². The van der Waals surface area contributed by atoms with Gasteiger partial charge in [0.25, 0.3) is 5.56 Å². The van der Waals surface area contributed by atoms with Crippen LogP contribution in [0, 0.1) is 5.92 Å². The molecule has 0 unspecified atom stereocenters. The number of anilines is 1. The quantitative estimate of drug-likeness (QED) is 0.477. The highest BCUT2D eigenvalue weighted by Gasteiger charge is 2.20. The minimum Gasteiger partial charge on any atom is -0.325 e. The van der Waals surface area contributed by atoms with Crippen molar-refractivity contribution < 1.29 is 4.79 Å². The van der Waals surface area contributed by atoms with Crippen molar-refractivity contribution >= 4 is 39.7 Å². The first-order chi connectivity index (χ1) is 15.0. The second-order valence-electron chi connectivity index (χ2n) is 8.49. The molecule has 0 atom stereocenters. The van der Waals surface area contributed by atoms with E-state index >= 15 is 0 Å². The molecule has 6 nitrogen and oxygen atoms in total. The maximum Gasteiger partial charge on any atom is 0.275 e. The summed E-state index contributed by atoms with van der Waals surface area (Å²) in [6.45, 7) is 4.05. The lowest BCUT2D eigenvalue weighted by Crippen LogP contribution is -2.16. The van der Waals surface area contributed by atoms with Gasteiger partial charge in [-0.25, -0.2) is 4.98 Å². The number of benzene rings is 1. The number of aromatic nitrogens is 3. The Morgan fingerprint density at radius 1 is 1.26 bits per heavy atom. The monoisotopic (exact) mass is 456 g/mol. The van der Waals surface area contributed by atoms with E-state index in [1.165, 1.54) is 23.8 Å². The van der Waals surface area contributed by atoms with E-state index in [1.54, 1.807) is 29.2 Å². The third-order valence-corrected chi connectivity index (χ3v) is 7.58. The molecule has 4 rings (SSSR count). The molecule has 3 aromatic rings. The Labute approximate surface area is 190 Å². The maximum absolute atomic E-state index is 12.6. The molecule has 0 bridgehead atoms. The van der Waals surface area contributed by atoms with Crippen LogP contribution >= 0.6 is 23.1 Å². The van der Waals surface area contributed by atoms with E-state index in [-0.39, 0.29) is 11.5 Å². The van der Waals surface area contributed by atoms with E-state index in [9.17, 15) is 9.59 Å². The van der Waals surface area contributed by atoms with Crippen LogP contribution in [0.15, 0.2) is 40.0 Å². The number of amides is 1. The molecule has 1 aromatic carbocycles. The van der Waals surface area contributed by atoms with Gasteiger partial charge < -0.3 is 5.32 Å². The third kappa shape index (κ3) is 5.54. The van der Waals surface area contributed by atoms with Gasteiger partial charge in [0, 0.05) is 29.1 Å². The summed E-state index contributed by atoms with van der Waals surface area (Å²) in [6, 6.07) is 9.33. The van der Waals surface area contributed by atoms with E-state index in [2.05, 4.69) is 10.4 Å². The molecular formula is C23H28N4O2S2. The van der Waals surface area contributed by atoms with Crippen molar-refractivity contribution in [3.05, 3.63) is 51.4 Å². The molecule has 1 N–H and O–H groups in total. The molecule has 0 radical (unpaired) electrons. The normalized spacial score (nSPS) is 14.9. The van der Waals surface area contributed by atoms with E-state index < -0.39 is 0 Å². The second kappa shape index (κ2) is 9.96. The van der Waals surface area contributed by atoms with Crippen LogP contribution in [-0.2, 0) is 10.5 Å². The Hall–Kier alpha value is -2.19. The first-order valence-corrected chi connectivity index (χ1v) is 12.7. The van der Waals surface area contributed by atoms with Crippen LogP contribution in [0.25, 0.3) is 4.96 Å². The zero-order valence-electron chi connectivity index (χ0n) is 18.0. The molecule has 1 aliphatic carbocycles. The van der Waals surface area contributed by atoms with Gasteiger partial charge in [-0.3, -0.25) is 9.59 Å². The molecule has 0 aliphatic heterocycles. The standard InChI is InChI=1S/C23H28N4O2S2/c1-15(2)12-20(28)25-18-10-6-7-11-19(18)30-14-17-13-21(29)27-23(24-17)31-22(26-27)16-8-4-3-5-9-16/h6-7,10-11,13,15-16H,3-5,8-9,12,14H2,1-2H3,(H,25,28). The van der Waals surface area contributed by atoms with Crippen molar-refractivity contribution in [2.75, 3.05) is 5.32 Å². The second-order valence-corrected chi connectivity index (χ2v) is 10.5. The predicted octanol–water partition coefficient (Wildman–Crippen LogP) is 5.48. The number of carbonyl (C=O) groups excluding carboxylic acids is 1. The molecule has 31 heavy (non-hydrogen) atoms.